The zero-order valence-corrected chi connectivity index (χ0v) is 23.2. The first kappa shape index (κ1) is 29.1. The molecule has 0 unspecified atom stereocenters. The van der Waals surface area contributed by atoms with Crippen molar-refractivity contribution in [1.29, 1.82) is 0 Å². The molecule has 9 nitrogen and oxygen atoms in total. The Balaban J connectivity index is 1.22. The SMILES string of the molecule is Nc1cccc(-c2ccc(C3CC(NC(=O)[C@@H](Cc4ccc(O)c(O)c4)OC(=O)/C=C/c4ccc(O)c(O)c4)C3)cc2)c1. The van der Waals surface area contributed by atoms with Crippen LogP contribution in [0.3, 0.4) is 0 Å². The molecule has 4 aromatic carbocycles. The fourth-order valence-corrected chi connectivity index (χ4v) is 5.05. The Morgan fingerprint density at radius 3 is 2.21 bits per heavy atom. The van der Waals surface area contributed by atoms with Crippen molar-refractivity contribution in [2.45, 2.75) is 37.3 Å². The summed E-state index contributed by atoms with van der Waals surface area (Å²) in [5, 5.41) is 41.7. The number of hydrogen-bond donors (Lipinski definition) is 6. The molecule has 1 atom stereocenters. The van der Waals surface area contributed by atoms with Gasteiger partial charge in [-0.15, -0.1) is 0 Å². The third kappa shape index (κ3) is 7.26. The summed E-state index contributed by atoms with van der Waals surface area (Å²) in [5.41, 5.74) is 10.8. The van der Waals surface area contributed by atoms with Gasteiger partial charge in [0, 0.05) is 24.2 Å². The average Bonchev–Trinajstić information content (AvgIpc) is 2.97. The molecule has 0 heterocycles. The molecular weight excluding hydrogens is 548 g/mol. The molecular formula is C34H32N2O7. The number of phenols is 4. The number of aromatic hydroxyl groups is 4. The van der Waals surface area contributed by atoms with Gasteiger partial charge in [0.15, 0.2) is 29.1 Å². The quantitative estimate of drug-likeness (QED) is 0.0698. The molecule has 1 aliphatic carbocycles. The van der Waals surface area contributed by atoms with Crippen molar-refractivity contribution in [2.75, 3.05) is 5.73 Å². The van der Waals surface area contributed by atoms with E-state index in [1.165, 1.54) is 48.0 Å². The van der Waals surface area contributed by atoms with Crippen LogP contribution in [0.1, 0.15) is 35.4 Å². The van der Waals surface area contributed by atoms with E-state index in [0.29, 0.717) is 16.8 Å². The number of rotatable bonds is 9. The second-order valence-electron chi connectivity index (χ2n) is 10.7. The molecule has 0 aliphatic heterocycles. The van der Waals surface area contributed by atoms with Crippen LogP contribution < -0.4 is 11.1 Å². The third-order valence-corrected chi connectivity index (χ3v) is 7.51. The number of carbonyl (C=O) groups is 2. The lowest BCUT2D eigenvalue weighted by atomic mass is 9.75. The Kier molecular flexibility index (Phi) is 8.52. The molecule has 0 radical (unpaired) electrons. The second kappa shape index (κ2) is 12.6. The highest BCUT2D eigenvalue weighted by Crippen LogP contribution is 2.38. The lowest BCUT2D eigenvalue weighted by Crippen LogP contribution is -2.48. The molecule has 1 amide bonds. The number of phenolic OH excluding ortho intramolecular Hbond substituents is 4. The van der Waals surface area contributed by atoms with E-state index in [2.05, 4.69) is 29.6 Å². The van der Waals surface area contributed by atoms with E-state index >= 15 is 0 Å². The van der Waals surface area contributed by atoms with E-state index in [1.54, 1.807) is 0 Å². The van der Waals surface area contributed by atoms with Crippen LogP contribution >= 0.6 is 0 Å². The van der Waals surface area contributed by atoms with Crippen molar-refractivity contribution in [3.05, 3.63) is 108 Å². The maximum Gasteiger partial charge on any atom is 0.331 e. The van der Waals surface area contributed by atoms with Gasteiger partial charge >= 0.3 is 5.97 Å². The lowest BCUT2D eigenvalue weighted by molar-refractivity contribution is -0.151. The minimum Gasteiger partial charge on any atom is -0.504 e. The lowest BCUT2D eigenvalue weighted by Gasteiger charge is -2.37. The maximum absolute atomic E-state index is 13.3. The van der Waals surface area contributed by atoms with Gasteiger partial charge < -0.3 is 36.2 Å². The van der Waals surface area contributed by atoms with Gasteiger partial charge in [0.25, 0.3) is 5.91 Å². The number of ether oxygens (including phenoxy) is 1. The predicted octanol–water partition coefficient (Wildman–Crippen LogP) is 4.99. The molecule has 43 heavy (non-hydrogen) atoms. The highest BCUT2D eigenvalue weighted by Gasteiger charge is 2.34. The van der Waals surface area contributed by atoms with Crippen molar-refractivity contribution in [3.63, 3.8) is 0 Å². The summed E-state index contributed by atoms with van der Waals surface area (Å²) in [7, 11) is 0. The maximum atomic E-state index is 13.3. The Labute approximate surface area is 248 Å². The molecule has 0 bridgehead atoms. The normalized spacial score (nSPS) is 16.7. The summed E-state index contributed by atoms with van der Waals surface area (Å²) in [6.07, 6.45) is 2.74. The van der Waals surface area contributed by atoms with Crippen LogP contribution in [0.5, 0.6) is 23.0 Å². The monoisotopic (exact) mass is 580 g/mol. The molecule has 4 aromatic rings. The summed E-state index contributed by atoms with van der Waals surface area (Å²) in [4.78, 5) is 25.9. The van der Waals surface area contributed by atoms with E-state index in [1.807, 2.05) is 24.3 Å². The Morgan fingerprint density at radius 1 is 0.837 bits per heavy atom. The Hall–Kier alpha value is -5.44. The predicted molar refractivity (Wildman–Crippen MR) is 162 cm³/mol. The van der Waals surface area contributed by atoms with Gasteiger partial charge in [-0.3, -0.25) is 4.79 Å². The van der Waals surface area contributed by atoms with Crippen molar-refractivity contribution >= 4 is 23.6 Å². The van der Waals surface area contributed by atoms with Gasteiger partial charge in [-0.2, -0.15) is 0 Å². The molecule has 1 fully saturated rings. The van der Waals surface area contributed by atoms with E-state index in [9.17, 15) is 30.0 Å². The number of carbonyl (C=O) groups excluding carboxylic acids is 2. The molecule has 1 aliphatic rings. The highest BCUT2D eigenvalue weighted by molar-refractivity contribution is 5.91. The third-order valence-electron chi connectivity index (χ3n) is 7.51. The van der Waals surface area contributed by atoms with E-state index < -0.39 is 18.0 Å². The number of amides is 1. The zero-order chi connectivity index (χ0) is 30.5. The summed E-state index contributed by atoms with van der Waals surface area (Å²) in [6.45, 7) is 0. The zero-order valence-electron chi connectivity index (χ0n) is 23.2. The molecule has 0 saturated heterocycles. The minimum atomic E-state index is -1.20. The molecule has 7 N–H and O–H groups in total. The van der Waals surface area contributed by atoms with Crippen LogP contribution in [0.4, 0.5) is 5.69 Å². The van der Waals surface area contributed by atoms with Gasteiger partial charge in [0.2, 0.25) is 0 Å². The van der Waals surface area contributed by atoms with Gasteiger partial charge in [0.05, 0.1) is 0 Å². The first-order chi connectivity index (χ1) is 20.6. The summed E-state index contributed by atoms with van der Waals surface area (Å²) >= 11 is 0. The number of nitrogen functional groups attached to an aromatic ring is 1. The van der Waals surface area contributed by atoms with E-state index in [-0.39, 0.29) is 41.4 Å². The molecule has 0 aromatic heterocycles. The molecule has 1 saturated carbocycles. The number of esters is 1. The first-order valence-corrected chi connectivity index (χ1v) is 13.8. The Morgan fingerprint density at radius 2 is 1.53 bits per heavy atom. The molecule has 220 valence electrons. The largest absolute Gasteiger partial charge is 0.504 e. The first-order valence-electron chi connectivity index (χ1n) is 13.8. The number of nitrogens with one attached hydrogen (secondary N) is 1. The van der Waals surface area contributed by atoms with Crippen molar-refractivity contribution in [2.24, 2.45) is 0 Å². The summed E-state index contributed by atoms with van der Waals surface area (Å²) in [5.74, 6) is -2.26. The average molecular weight is 581 g/mol. The number of anilines is 1. The van der Waals surface area contributed by atoms with Crippen LogP contribution in [-0.2, 0) is 20.7 Å². The molecule has 0 spiro atoms. The van der Waals surface area contributed by atoms with Crippen LogP contribution in [0, 0.1) is 0 Å². The molecule has 9 heteroatoms. The van der Waals surface area contributed by atoms with Gasteiger partial charge in [-0.1, -0.05) is 48.5 Å². The summed E-state index contributed by atoms with van der Waals surface area (Å²) in [6, 6.07) is 24.1. The second-order valence-corrected chi connectivity index (χ2v) is 10.7. The number of nitrogens with two attached hydrogens (primary N) is 1. The topological polar surface area (TPSA) is 162 Å². The molecule has 5 rings (SSSR count). The highest BCUT2D eigenvalue weighted by atomic mass is 16.5. The van der Waals surface area contributed by atoms with E-state index in [0.717, 1.165) is 30.0 Å². The van der Waals surface area contributed by atoms with Gasteiger partial charge in [-0.25, -0.2) is 4.79 Å². The van der Waals surface area contributed by atoms with Crippen LogP contribution in [-0.4, -0.2) is 44.4 Å². The van der Waals surface area contributed by atoms with Crippen LogP contribution in [0.2, 0.25) is 0 Å². The fraction of sp³-hybridized carbons (Fsp3) is 0.176. The van der Waals surface area contributed by atoms with Crippen molar-refractivity contribution in [1.82, 2.24) is 5.32 Å². The van der Waals surface area contributed by atoms with Gasteiger partial charge in [0.1, 0.15) is 0 Å². The number of benzene rings is 4. The summed E-state index contributed by atoms with van der Waals surface area (Å²) < 4.78 is 5.50. The number of hydrogen-bond acceptors (Lipinski definition) is 8. The fourth-order valence-electron chi connectivity index (χ4n) is 5.05. The van der Waals surface area contributed by atoms with Crippen LogP contribution in [0.25, 0.3) is 17.2 Å². The van der Waals surface area contributed by atoms with E-state index in [4.69, 9.17) is 10.5 Å². The van der Waals surface area contributed by atoms with Gasteiger partial charge in [-0.05, 0) is 89.1 Å². The van der Waals surface area contributed by atoms with Crippen molar-refractivity contribution in [3.8, 4) is 34.1 Å². The standard InChI is InChI=1S/C34H32N2O7/c35-26-3-1-2-24(17-26)22-7-9-23(10-8-22)25-18-27(19-25)36-34(42)32(16-21-5-12-29(38)31(40)15-21)43-33(41)13-6-20-4-11-28(37)30(39)14-20/h1-15,17,25,27,32,37-40H,16,18-19,35H2,(H,36,42)/b13-6+/t25?,27?,32-/m1/s1. The minimum absolute atomic E-state index is 0.0269. The Bertz CT molecular complexity index is 1660. The van der Waals surface area contributed by atoms with Crippen molar-refractivity contribution < 1.29 is 34.8 Å². The smallest absolute Gasteiger partial charge is 0.331 e. The van der Waals surface area contributed by atoms with Crippen LogP contribution in [0.15, 0.2) is 91.0 Å².